The van der Waals surface area contributed by atoms with Gasteiger partial charge in [0.1, 0.15) is 16.8 Å². The minimum atomic E-state index is 0.502. The van der Waals surface area contributed by atoms with Gasteiger partial charge >= 0.3 is 0 Å². The molecule has 98 valence electrons. The molecular weight excluding hydrogens is 258 g/mol. The van der Waals surface area contributed by atoms with E-state index in [4.69, 9.17) is 11.6 Å². The fourth-order valence-corrected chi connectivity index (χ4v) is 2.18. The Balaban J connectivity index is 1.81. The number of aromatic nitrogens is 2. The van der Waals surface area contributed by atoms with Crippen LogP contribution in [-0.4, -0.2) is 9.97 Å². The van der Waals surface area contributed by atoms with Crippen LogP contribution in [-0.2, 0) is 6.42 Å². The lowest BCUT2D eigenvalue weighted by molar-refractivity contribution is 0.931. The average Bonchev–Trinajstić information content (AvgIpc) is 3.23. The van der Waals surface area contributed by atoms with E-state index in [0.717, 1.165) is 23.8 Å². The van der Waals surface area contributed by atoms with E-state index in [9.17, 15) is 0 Å². The zero-order valence-corrected chi connectivity index (χ0v) is 11.6. The molecule has 2 aromatic rings. The number of halogens is 1. The van der Waals surface area contributed by atoms with Crippen LogP contribution in [0.4, 0.5) is 11.5 Å². The molecule has 1 saturated carbocycles. The number of rotatable bonds is 4. The van der Waals surface area contributed by atoms with E-state index in [1.807, 2.05) is 0 Å². The van der Waals surface area contributed by atoms with Gasteiger partial charge in [0, 0.05) is 17.7 Å². The quantitative estimate of drug-likeness (QED) is 0.844. The maximum absolute atomic E-state index is 6.04. The molecule has 0 spiro atoms. The molecule has 19 heavy (non-hydrogen) atoms. The molecule has 1 heterocycles. The Morgan fingerprint density at radius 3 is 2.58 bits per heavy atom. The average molecular weight is 274 g/mol. The zero-order chi connectivity index (χ0) is 13.2. The van der Waals surface area contributed by atoms with Crippen LogP contribution in [0.15, 0.2) is 30.3 Å². The summed E-state index contributed by atoms with van der Waals surface area (Å²) in [5, 5.41) is 3.79. The summed E-state index contributed by atoms with van der Waals surface area (Å²) < 4.78 is 0. The van der Waals surface area contributed by atoms with E-state index >= 15 is 0 Å². The third-order valence-corrected chi connectivity index (χ3v) is 3.48. The van der Waals surface area contributed by atoms with Gasteiger partial charge in [-0.1, -0.05) is 30.7 Å². The van der Waals surface area contributed by atoms with Crippen molar-refractivity contribution in [2.45, 2.75) is 32.1 Å². The smallest absolute Gasteiger partial charge is 0.135 e. The molecule has 0 amide bonds. The molecule has 1 aliphatic rings. The van der Waals surface area contributed by atoms with Gasteiger partial charge in [-0.15, -0.1) is 0 Å². The minimum absolute atomic E-state index is 0.502. The molecule has 1 aromatic heterocycles. The van der Waals surface area contributed by atoms with Crippen molar-refractivity contribution in [3.8, 4) is 0 Å². The van der Waals surface area contributed by atoms with Gasteiger partial charge < -0.3 is 5.32 Å². The fourth-order valence-electron chi connectivity index (χ4n) is 2.00. The second-order valence-corrected chi connectivity index (χ2v) is 5.27. The fraction of sp³-hybridized carbons (Fsp3) is 0.333. The largest absolute Gasteiger partial charge is 0.340 e. The number of benzene rings is 1. The second-order valence-electron chi connectivity index (χ2n) is 4.88. The molecule has 0 bridgehead atoms. The second kappa shape index (κ2) is 5.17. The van der Waals surface area contributed by atoms with Crippen molar-refractivity contribution in [1.29, 1.82) is 0 Å². The van der Waals surface area contributed by atoms with Crippen molar-refractivity contribution in [3.63, 3.8) is 0 Å². The van der Waals surface area contributed by atoms with E-state index in [0.29, 0.717) is 11.1 Å². The molecule has 1 fully saturated rings. The lowest BCUT2D eigenvalue weighted by Crippen LogP contribution is -1.99. The van der Waals surface area contributed by atoms with Crippen LogP contribution in [0.1, 0.15) is 37.1 Å². The number of hydrogen-bond acceptors (Lipinski definition) is 3. The first-order valence-corrected chi connectivity index (χ1v) is 7.03. The van der Waals surface area contributed by atoms with Crippen LogP contribution in [0.2, 0.25) is 5.15 Å². The highest BCUT2D eigenvalue weighted by atomic mass is 35.5. The zero-order valence-electron chi connectivity index (χ0n) is 10.9. The summed E-state index contributed by atoms with van der Waals surface area (Å²) in [7, 11) is 0. The van der Waals surface area contributed by atoms with E-state index in [1.165, 1.54) is 18.4 Å². The summed E-state index contributed by atoms with van der Waals surface area (Å²) in [6, 6.07) is 10.1. The van der Waals surface area contributed by atoms with Crippen molar-refractivity contribution >= 4 is 23.1 Å². The summed E-state index contributed by atoms with van der Waals surface area (Å²) in [4.78, 5) is 8.81. The van der Waals surface area contributed by atoms with Crippen LogP contribution in [0.25, 0.3) is 0 Å². The van der Waals surface area contributed by atoms with Crippen molar-refractivity contribution in [1.82, 2.24) is 9.97 Å². The summed E-state index contributed by atoms with van der Waals surface area (Å²) in [5.41, 5.74) is 2.35. The Morgan fingerprint density at radius 1 is 1.21 bits per heavy atom. The highest BCUT2D eigenvalue weighted by Gasteiger charge is 2.27. The Morgan fingerprint density at radius 2 is 1.95 bits per heavy atom. The molecular formula is C15H16ClN3. The summed E-state index contributed by atoms with van der Waals surface area (Å²) in [6.45, 7) is 2.15. The van der Waals surface area contributed by atoms with Crippen molar-refractivity contribution in [2.75, 3.05) is 5.32 Å². The molecule has 0 saturated heterocycles. The topological polar surface area (TPSA) is 37.8 Å². The van der Waals surface area contributed by atoms with Crippen LogP contribution in [0.3, 0.4) is 0 Å². The molecule has 0 unspecified atom stereocenters. The number of nitrogens with one attached hydrogen (secondary N) is 1. The predicted octanol–water partition coefficient (Wildman–Crippen LogP) is 4.31. The minimum Gasteiger partial charge on any atom is -0.340 e. The number of anilines is 2. The van der Waals surface area contributed by atoms with Crippen molar-refractivity contribution in [3.05, 3.63) is 46.9 Å². The summed E-state index contributed by atoms with van der Waals surface area (Å²) in [6.07, 6.45) is 3.39. The van der Waals surface area contributed by atoms with Crippen molar-refractivity contribution < 1.29 is 0 Å². The van der Waals surface area contributed by atoms with Crippen LogP contribution in [0, 0.1) is 0 Å². The Bertz CT molecular complexity index is 576. The first-order valence-electron chi connectivity index (χ1n) is 6.65. The maximum Gasteiger partial charge on any atom is 0.135 e. The molecule has 1 aromatic carbocycles. The van der Waals surface area contributed by atoms with E-state index in [2.05, 4.69) is 46.5 Å². The lowest BCUT2D eigenvalue weighted by Gasteiger charge is -2.08. The van der Waals surface area contributed by atoms with Crippen molar-refractivity contribution in [2.24, 2.45) is 0 Å². The molecule has 4 heteroatoms. The molecule has 3 nitrogen and oxygen atoms in total. The number of aryl methyl sites for hydroxylation is 1. The van der Waals surface area contributed by atoms with E-state index in [1.54, 1.807) is 6.07 Å². The third kappa shape index (κ3) is 3.04. The molecule has 0 aliphatic heterocycles. The SMILES string of the molecule is CCc1ccc(Nc2cc(Cl)nc(C3CC3)n2)cc1. The Labute approximate surface area is 118 Å². The van der Waals surface area contributed by atoms with Gasteiger partial charge in [0.2, 0.25) is 0 Å². The van der Waals surface area contributed by atoms with Gasteiger partial charge in [-0.25, -0.2) is 9.97 Å². The molecule has 1 aliphatic carbocycles. The highest BCUT2D eigenvalue weighted by molar-refractivity contribution is 6.29. The van der Waals surface area contributed by atoms with Crippen LogP contribution >= 0.6 is 11.6 Å². The Kier molecular flexibility index (Phi) is 3.38. The van der Waals surface area contributed by atoms with E-state index < -0.39 is 0 Å². The number of nitrogens with zero attached hydrogens (tertiary/aromatic N) is 2. The van der Waals surface area contributed by atoms with Crippen LogP contribution < -0.4 is 5.32 Å². The van der Waals surface area contributed by atoms with Gasteiger partial charge in [0.15, 0.2) is 0 Å². The van der Waals surface area contributed by atoms with Gasteiger partial charge in [-0.2, -0.15) is 0 Å². The normalized spacial score (nSPS) is 14.4. The maximum atomic E-state index is 6.04. The number of hydrogen-bond donors (Lipinski definition) is 1. The highest BCUT2D eigenvalue weighted by Crippen LogP contribution is 2.38. The molecule has 3 rings (SSSR count). The standard InChI is InChI=1S/C15H16ClN3/c1-2-10-3-7-12(8-4-10)17-14-9-13(16)18-15(19-14)11-5-6-11/h3-4,7-9,11H,2,5-6H2,1H3,(H,17,18,19). The van der Waals surface area contributed by atoms with E-state index in [-0.39, 0.29) is 0 Å². The van der Waals surface area contributed by atoms with Gasteiger partial charge in [-0.3, -0.25) is 0 Å². The van der Waals surface area contributed by atoms with Gasteiger partial charge in [-0.05, 0) is 37.0 Å². The summed E-state index contributed by atoms with van der Waals surface area (Å²) >= 11 is 6.04. The van der Waals surface area contributed by atoms with Crippen LogP contribution in [0.5, 0.6) is 0 Å². The lowest BCUT2D eigenvalue weighted by atomic mass is 10.1. The predicted molar refractivity (Wildman–Crippen MR) is 78.1 cm³/mol. The third-order valence-electron chi connectivity index (χ3n) is 3.29. The van der Waals surface area contributed by atoms with Gasteiger partial charge in [0.05, 0.1) is 0 Å². The summed E-state index contributed by atoms with van der Waals surface area (Å²) in [5.74, 6) is 2.13. The molecule has 0 atom stereocenters. The molecule has 0 radical (unpaired) electrons. The Hall–Kier alpha value is -1.61. The van der Waals surface area contributed by atoms with Gasteiger partial charge in [0.25, 0.3) is 0 Å². The molecule has 1 N–H and O–H groups in total. The first-order chi connectivity index (χ1) is 9.24. The monoisotopic (exact) mass is 273 g/mol. The first kappa shape index (κ1) is 12.4.